The monoisotopic (exact) mass is 541 g/mol. The van der Waals surface area contributed by atoms with Crippen molar-refractivity contribution in [3.05, 3.63) is 46.5 Å². The summed E-state index contributed by atoms with van der Waals surface area (Å²) < 4.78 is 21.8. The molecule has 2 saturated carbocycles. The summed E-state index contributed by atoms with van der Waals surface area (Å²) in [6.07, 6.45) is 2.59. The lowest BCUT2D eigenvalue weighted by Gasteiger charge is -2.32. The molecule has 208 valence electrons. The number of nitrogens with zero attached hydrogens (tertiary/aromatic N) is 5. The number of amides is 2. The lowest BCUT2D eigenvalue weighted by molar-refractivity contribution is 0.0448. The van der Waals surface area contributed by atoms with Gasteiger partial charge in [0.05, 0.1) is 18.3 Å². The van der Waals surface area contributed by atoms with Crippen molar-refractivity contribution in [3.8, 4) is 0 Å². The van der Waals surface area contributed by atoms with E-state index in [4.69, 9.17) is 4.74 Å². The number of aliphatic hydroxyl groups excluding tert-OH is 1. The van der Waals surface area contributed by atoms with Gasteiger partial charge in [-0.05, 0) is 58.6 Å². The van der Waals surface area contributed by atoms with Gasteiger partial charge in [0, 0.05) is 25.4 Å². The highest BCUT2D eigenvalue weighted by atomic mass is 19.1. The van der Waals surface area contributed by atoms with Gasteiger partial charge in [0.25, 0.3) is 11.5 Å². The van der Waals surface area contributed by atoms with Crippen LogP contribution in [0.1, 0.15) is 62.9 Å². The molecule has 12 nitrogen and oxygen atoms in total. The molecule has 3 heterocycles. The highest BCUT2D eigenvalue weighted by Gasteiger charge is 2.33. The average molecular weight is 542 g/mol. The van der Waals surface area contributed by atoms with Gasteiger partial charge in [0.2, 0.25) is 0 Å². The summed E-state index contributed by atoms with van der Waals surface area (Å²) in [6.45, 7) is 5.23. The number of pyridine rings is 1. The number of aromatic nitrogens is 4. The lowest BCUT2D eigenvalue weighted by Crippen LogP contribution is -2.50. The van der Waals surface area contributed by atoms with Crippen LogP contribution in [0.5, 0.6) is 0 Å². The first kappa shape index (κ1) is 26.6. The standard InChI is InChI=1S/C26H32FN7O5/c1-26(2,3)39-25(38)32(4)21-12-20(29-18-6-5-9-33(24(18)37)15-10-14(27)11-15)31-22-16(13-28-34(21)22)23(36)30-17-7-8-19(17)35/h5-6,9,12-15,17,19,35H,7-8,10-11H2,1-4H3,(H,29,31)(H,30,36)/t14-,15-,17?,19?. The second-order valence-corrected chi connectivity index (χ2v) is 11.0. The van der Waals surface area contributed by atoms with Crippen LogP contribution in [0.2, 0.25) is 0 Å². The number of rotatable bonds is 6. The van der Waals surface area contributed by atoms with Gasteiger partial charge >= 0.3 is 6.09 Å². The van der Waals surface area contributed by atoms with Crippen LogP contribution in [0, 0.1) is 0 Å². The Hall–Kier alpha value is -4.00. The molecule has 3 aromatic rings. The first-order valence-electron chi connectivity index (χ1n) is 12.9. The lowest BCUT2D eigenvalue weighted by atomic mass is 9.89. The molecule has 3 aromatic heterocycles. The van der Waals surface area contributed by atoms with E-state index in [2.05, 4.69) is 20.7 Å². The highest BCUT2D eigenvalue weighted by Crippen LogP contribution is 2.34. The van der Waals surface area contributed by atoms with E-state index in [0.29, 0.717) is 12.8 Å². The topological polar surface area (TPSA) is 143 Å². The van der Waals surface area contributed by atoms with Gasteiger partial charge in [-0.2, -0.15) is 9.61 Å². The summed E-state index contributed by atoms with van der Waals surface area (Å²) in [7, 11) is 1.50. The largest absolute Gasteiger partial charge is 0.443 e. The van der Waals surface area contributed by atoms with Gasteiger partial charge in [-0.1, -0.05) is 0 Å². The van der Waals surface area contributed by atoms with Crippen LogP contribution in [0.15, 0.2) is 35.4 Å². The summed E-state index contributed by atoms with van der Waals surface area (Å²) in [4.78, 5) is 44.9. The second-order valence-electron chi connectivity index (χ2n) is 11.0. The predicted molar refractivity (Wildman–Crippen MR) is 141 cm³/mol. The van der Waals surface area contributed by atoms with E-state index >= 15 is 0 Å². The molecule has 2 amide bonds. The van der Waals surface area contributed by atoms with Gasteiger partial charge in [0.15, 0.2) is 5.65 Å². The van der Waals surface area contributed by atoms with Gasteiger partial charge in [-0.3, -0.25) is 14.5 Å². The number of carbonyl (C=O) groups is 2. The molecular weight excluding hydrogens is 509 g/mol. The molecule has 2 unspecified atom stereocenters. The zero-order valence-corrected chi connectivity index (χ0v) is 22.2. The predicted octanol–water partition coefficient (Wildman–Crippen LogP) is 2.93. The van der Waals surface area contributed by atoms with Gasteiger partial charge in [-0.15, -0.1) is 0 Å². The Kier molecular flexibility index (Phi) is 6.79. The number of carbonyl (C=O) groups excluding carboxylic acids is 2. The van der Waals surface area contributed by atoms with Crippen molar-refractivity contribution in [2.45, 2.75) is 76.4 Å². The molecule has 13 heteroatoms. The maximum absolute atomic E-state index is 13.4. The van der Waals surface area contributed by atoms with Crippen molar-refractivity contribution < 1.29 is 23.8 Å². The quantitative estimate of drug-likeness (QED) is 0.432. The third kappa shape index (κ3) is 5.31. The number of hydrogen-bond acceptors (Lipinski definition) is 8. The smallest absolute Gasteiger partial charge is 0.415 e. The van der Waals surface area contributed by atoms with E-state index < -0.39 is 29.9 Å². The summed E-state index contributed by atoms with van der Waals surface area (Å²) in [5.74, 6) is -0.0648. The Morgan fingerprint density at radius 1 is 1.26 bits per heavy atom. The fourth-order valence-corrected chi connectivity index (χ4v) is 4.51. The zero-order valence-electron chi connectivity index (χ0n) is 22.2. The molecule has 3 N–H and O–H groups in total. The van der Waals surface area contributed by atoms with E-state index in [-0.39, 0.29) is 59.0 Å². The third-order valence-corrected chi connectivity index (χ3v) is 6.95. The van der Waals surface area contributed by atoms with Crippen LogP contribution < -0.4 is 21.1 Å². The SMILES string of the molecule is CN(C(=O)OC(C)(C)C)c1cc(Nc2cccn([C@H]3C[C@H](F)C3)c2=O)nc2c(C(=O)NC3CCC3O)cnn12. The molecule has 0 radical (unpaired) electrons. The molecule has 0 aliphatic heterocycles. The Morgan fingerprint density at radius 3 is 2.62 bits per heavy atom. The van der Waals surface area contributed by atoms with Crippen LogP contribution in [0.4, 0.5) is 26.5 Å². The minimum atomic E-state index is -0.916. The molecule has 0 spiro atoms. The van der Waals surface area contributed by atoms with Crippen molar-refractivity contribution in [2.75, 3.05) is 17.3 Å². The maximum Gasteiger partial charge on any atom is 0.415 e. The molecule has 0 saturated heterocycles. The first-order valence-corrected chi connectivity index (χ1v) is 12.9. The molecule has 0 aromatic carbocycles. The van der Waals surface area contributed by atoms with Crippen molar-refractivity contribution in [3.63, 3.8) is 0 Å². The second kappa shape index (κ2) is 9.95. The minimum Gasteiger partial charge on any atom is -0.443 e. The van der Waals surface area contributed by atoms with Crippen LogP contribution >= 0.6 is 0 Å². The van der Waals surface area contributed by atoms with Crippen LogP contribution in [-0.4, -0.2) is 67.2 Å². The molecule has 39 heavy (non-hydrogen) atoms. The normalized spacial score (nSPS) is 22.5. The summed E-state index contributed by atoms with van der Waals surface area (Å²) >= 11 is 0. The molecular formula is C26H32FN7O5. The fraction of sp³-hybridized carbons (Fsp3) is 0.500. The number of aliphatic hydroxyl groups is 1. The first-order chi connectivity index (χ1) is 18.4. The van der Waals surface area contributed by atoms with Crippen molar-refractivity contribution in [1.82, 2.24) is 24.5 Å². The number of anilines is 3. The molecule has 2 atom stereocenters. The number of halogens is 1. The van der Waals surface area contributed by atoms with E-state index in [1.165, 1.54) is 33.3 Å². The Bertz CT molecular complexity index is 1470. The van der Waals surface area contributed by atoms with Crippen molar-refractivity contribution in [1.29, 1.82) is 0 Å². The van der Waals surface area contributed by atoms with Crippen LogP contribution in [0.3, 0.4) is 0 Å². The highest BCUT2D eigenvalue weighted by molar-refractivity contribution is 6.00. The fourth-order valence-electron chi connectivity index (χ4n) is 4.51. The zero-order chi connectivity index (χ0) is 28.1. The minimum absolute atomic E-state index is 0.130. The molecule has 2 fully saturated rings. The Balaban J connectivity index is 1.53. The number of fused-ring (bicyclic) bond motifs is 1. The number of nitrogens with one attached hydrogen (secondary N) is 2. The van der Waals surface area contributed by atoms with Crippen molar-refractivity contribution >= 4 is 35.0 Å². The summed E-state index contributed by atoms with van der Waals surface area (Å²) in [6, 6.07) is 4.19. The summed E-state index contributed by atoms with van der Waals surface area (Å²) in [5.41, 5.74) is -0.640. The Morgan fingerprint density at radius 2 is 2.00 bits per heavy atom. The molecule has 2 aliphatic carbocycles. The van der Waals surface area contributed by atoms with Gasteiger partial charge < -0.3 is 25.0 Å². The van der Waals surface area contributed by atoms with Crippen molar-refractivity contribution in [2.24, 2.45) is 0 Å². The van der Waals surface area contributed by atoms with Gasteiger partial charge in [0.1, 0.15) is 34.7 Å². The van der Waals surface area contributed by atoms with Crippen LogP contribution in [-0.2, 0) is 4.74 Å². The maximum atomic E-state index is 13.4. The summed E-state index contributed by atoms with van der Waals surface area (Å²) in [5, 5.41) is 20.0. The van der Waals surface area contributed by atoms with E-state index in [0.717, 1.165) is 0 Å². The third-order valence-electron chi connectivity index (χ3n) is 6.95. The number of ether oxygens (including phenoxy) is 1. The van der Waals surface area contributed by atoms with E-state index in [9.17, 15) is 23.9 Å². The van der Waals surface area contributed by atoms with Crippen LogP contribution in [0.25, 0.3) is 5.65 Å². The number of hydrogen-bond donors (Lipinski definition) is 3. The average Bonchev–Trinajstić information content (AvgIpc) is 3.28. The molecule has 0 bridgehead atoms. The molecule has 5 rings (SSSR count). The van der Waals surface area contributed by atoms with E-state index in [1.807, 2.05) is 0 Å². The van der Waals surface area contributed by atoms with E-state index in [1.54, 1.807) is 39.1 Å². The molecule has 2 aliphatic rings. The Labute approximate surface area is 223 Å². The number of alkyl halides is 1. The van der Waals surface area contributed by atoms with Gasteiger partial charge in [-0.25, -0.2) is 14.2 Å².